The predicted molar refractivity (Wildman–Crippen MR) is 50.6 cm³/mol. The summed E-state index contributed by atoms with van der Waals surface area (Å²) in [7, 11) is 0. The molecule has 3 nitrogen and oxygen atoms in total. The summed E-state index contributed by atoms with van der Waals surface area (Å²) in [5.41, 5.74) is 0.511. The molecule has 0 N–H and O–H groups in total. The molecule has 0 radical (unpaired) electrons. The van der Waals surface area contributed by atoms with Crippen molar-refractivity contribution in [3.05, 3.63) is 18.2 Å². The molecule has 0 unspecified atom stereocenters. The minimum atomic E-state index is 0.511. The number of aldehydes is 1. The van der Waals surface area contributed by atoms with Crippen molar-refractivity contribution in [3.63, 3.8) is 0 Å². The van der Waals surface area contributed by atoms with E-state index >= 15 is 0 Å². The maximum atomic E-state index is 10.3. The van der Waals surface area contributed by atoms with Crippen LogP contribution in [0.15, 0.2) is 12.5 Å². The fourth-order valence-electron chi connectivity index (χ4n) is 0.875. The Kier molecular flexibility index (Phi) is 3.87. The van der Waals surface area contributed by atoms with Crippen LogP contribution in [-0.2, 0) is 6.54 Å². The molecule has 1 aromatic heterocycles. The summed E-state index contributed by atoms with van der Waals surface area (Å²) in [6.45, 7) is 3.06. The first kappa shape index (κ1) is 9.32. The molecule has 66 valence electrons. The molecule has 0 aliphatic carbocycles. The summed E-state index contributed by atoms with van der Waals surface area (Å²) < 4.78 is 1.94. The average molecular weight is 184 g/mol. The third kappa shape index (κ3) is 2.70. The van der Waals surface area contributed by atoms with E-state index < -0.39 is 0 Å². The Morgan fingerprint density at radius 3 is 3.17 bits per heavy atom. The van der Waals surface area contributed by atoms with E-state index in [2.05, 4.69) is 11.9 Å². The van der Waals surface area contributed by atoms with Gasteiger partial charge in [0.1, 0.15) is 5.69 Å². The summed E-state index contributed by atoms with van der Waals surface area (Å²) in [6, 6.07) is 0. The quantitative estimate of drug-likeness (QED) is 0.513. The van der Waals surface area contributed by atoms with Crippen molar-refractivity contribution in [1.29, 1.82) is 0 Å². The zero-order valence-corrected chi connectivity index (χ0v) is 7.88. The van der Waals surface area contributed by atoms with Gasteiger partial charge in [0.25, 0.3) is 0 Å². The highest BCUT2D eigenvalue weighted by Crippen LogP contribution is 2.00. The highest BCUT2D eigenvalue weighted by molar-refractivity contribution is 7.99. The first-order chi connectivity index (χ1) is 5.86. The van der Waals surface area contributed by atoms with E-state index in [1.54, 1.807) is 12.5 Å². The van der Waals surface area contributed by atoms with Crippen LogP contribution < -0.4 is 0 Å². The highest BCUT2D eigenvalue weighted by atomic mass is 32.2. The zero-order valence-electron chi connectivity index (χ0n) is 7.06. The number of hydrogen-bond acceptors (Lipinski definition) is 3. The van der Waals surface area contributed by atoms with E-state index in [4.69, 9.17) is 0 Å². The lowest BCUT2D eigenvalue weighted by molar-refractivity contribution is 0.111. The summed E-state index contributed by atoms with van der Waals surface area (Å²) in [6.07, 6.45) is 4.23. The Bertz CT molecular complexity index is 247. The number of aromatic nitrogens is 2. The number of thioether (sulfide) groups is 1. The van der Waals surface area contributed by atoms with Gasteiger partial charge in [-0.05, 0) is 5.75 Å². The van der Waals surface area contributed by atoms with Crippen molar-refractivity contribution in [1.82, 2.24) is 9.55 Å². The molecule has 0 amide bonds. The molecular formula is C8H12N2OS. The molecule has 0 aliphatic rings. The molecule has 1 rings (SSSR count). The largest absolute Gasteiger partial charge is 0.336 e. The van der Waals surface area contributed by atoms with Crippen molar-refractivity contribution in [2.75, 3.05) is 11.5 Å². The molecule has 4 heteroatoms. The number of nitrogens with zero attached hydrogens (tertiary/aromatic N) is 2. The van der Waals surface area contributed by atoms with E-state index in [1.165, 1.54) is 0 Å². The lowest BCUT2D eigenvalue weighted by Crippen LogP contribution is -1.96. The Morgan fingerprint density at radius 2 is 2.58 bits per heavy atom. The van der Waals surface area contributed by atoms with Gasteiger partial charge in [0.15, 0.2) is 6.29 Å². The van der Waals surface area contributed by atoms with Gasteiger partial charge in [0.2, 0.25) is 0 Å². The van der Waals surface area contributed by atoms with Crippen LogP contribution in [0.3, 0.4) is 0 Å². The summed E-state index contributed by atoms with van der Waals surface area (Å²) in [5.74, 6) is 2.21. The maximum absolute atomic E-state index is 10.3. The number of carbonyl (C=O) groups excluding carboxylic acids is 1. The van der Waals surface area contributed by atoms with Crippen molar-refractivity contribution in [2.45, 2.75) is 13.5 Å². The third-order valence-corrected chi connectivity index (χ3v) is 2.35. The van der Waals surface area contributed by atoms with Crippen LogP contribution in [0, 0.1) is 0 Å². The smallest absolute Gasteiger partial charge is 0.169 e. The normalized spacial score (nSPS) is 10.1. The summed E-state index contributed by atoms with van der Waals surface area (Å²) in [4.78, 5) is 14.2. The molecule has 0 saturated carbocycles. The van der Waals surface area contributed by atoms with Crippen molar-refractivity contribution >= 4 is 18.0 Å². The van der Waals surface area contributed by atoms with Crippen molar-refractivity contribution in [3.8, 4) is 0 Å². The Hall–Kier alpha value is -0.770. The number of rotatable bonds is 5. The minimum absolute atomic E-state index is 0.511. The first-order valence-electron chi connectivity index (χ1n) is 3.91. The molecule has 0 atom stereocenters. The van der Waals surface area contributed by atoms with Gasteiger partial charge in [0, 0.05) is 18.5 Å². The van der Waals surface area contributed by atoms with Gasteiger partial charge < -0.3 is 4.57 Å². The number of imidazole rings is 1. The molecule has 0 spiro atoms. The zero-order chi connectivity index (χ0) is 8.81. The number of hydrogen-bond donors (Lipinski definition) is 0. The van der Waals surface area contributed by atoms with Crippen LogP contribution in [0.4, 0.5) is 0 Å². The molecule has 0 aliphatic heterocycles. The van der Waals surface area contributed by atoms with E-state index in [9.17, 15) is 4.79 Å². The van der Waals surface area contributed by atoms with Crippen molar-refractivity contribution < 1.29 is 4.79 Å². The van der Waals surface area contributed by atoms with Crippen LogP contribution in [0.2, 0.25) is 0 Å². The molecule has 0 aromatic carbocycles. The van der Waals surface area contributed by atoms with Crippen LogP contribution in [0.5, 0.6) is 0 Å². The Labute approximate surface area is 76.2 Å². The van der Waals surface area contributed by atoms with Crippen LogP contribution >= 0.6 is 11.8 Å². The van der Waals surface area contributed by atoms with Crippen LogP contribution in [-0.4, -0.2) is 27.3 Å². The van der Waals surface area contributed by atoms with E-state index in [1.807, 2.05) is 16.3 Å². The topological polar surface area (TPSA) is 34.9 Å². The predicted octanol–water partition coefficient (Wildman–Crippen LogP) is 1.45. The standard InChI is InChI=1S/C8H12N2OS/c1-2-12-4-3-10-5-8(6-11)9-7-10/h5-7H,2-4H2,1H3. The van der Waals surface area contributed by atoms with E-state index in [0.29, 0.717) is 5.69 Å². The Balaban J connectivity index is 2.36. The first-order valence-corrected chi connectivity index (χ1v) is 5.07. The second-order valence-corrected chi connectivity index (χ2v) is 3.74. The van der Waals surface area contributed by atoms with E-state index in [0.717, 1.165) is 24.3 Å². The maximum Gasteiger partial charge on any atom is 0.169 e. The monoisotopic (exact) mass is 184 g/mol. The number of aryl methyl sites for hydroxylation is 1. The molecule has 12 heavy (non-hydrogen) atoms. The fourth-order valence-corrected chi connectivity index (χ4v) is 1.50. The van der Waals surface area contributed by atoms with Crippen LogP contribution in [0.1, 0.15) is 17.4 Å². The molecule has 0 saturated heterocycles. The minimum Gasteiger partial charge on any atom is -0.336 e. The van der Waals surface area contributed by atoms with Gasteiger partial charge in [-0.15, -0.1) is 0 Å². The van der Waals surface area contributed by atoms with Gasteiger partial charge in [0.05, 0.1) is 6.33 Å². The molecule has 1 aromatic rings. The van der Waals surface area contributed by atoms with Crippen LogP contribution in [0.25, 0.3) is 0 Å². The second kappa shape index (κ2) is 4.98. The van der Waals surface area contributed by atoms with Gasteiger partial charge in [-0.1, -0.05) is 6.92 Å². The lowest BCUT2D eigenvalue weighted by Gasteiger charge is -1.98. The Morgan fingerprint density at radius 1 is 1.75 bits per heavy atom. The molecule has 0 bridgehead atoms. The fraction of sp³-hybridized carbons (Fsp3) is 0.500. The SMILES string of the molecule is CCSCCn1cnc(C=O)c1. The van der Waals surface area contributed by atoms with E-state index in [-0.39, 0.29) is 0 Å². The number of carbonyl (C=O) groups is 1. The van der Waals surface area contributed by atoms with Crippen molar-refractivity contribution in [2.24, 2.45) is 0 Å². The van der Waals surface area contributed by atoms with Gasteiger partial charge >= 0.3 is 0 Å². The summed E-state index contributed by atoms with van der Waals surface area (Å²) >= 11 is 1.88. The van der Waals surface area contributed by atoms with Gasteiger partial charge in [-0.25, -0.2) is 4.98 Å². The lowest BCUT2D eigenvalue weighted by atomic mass is 10.5. The van der Waals surface area contributed by atoms with Gasteiger partial charge in [-0.2, -0.15) is 11.8 Å². The second-order valence-electron chi connectivity index (χ2n) is 2.35. The average Bonchev–Trinajstić information content (AvgIpc) is 2.53. The molecule has 1 heterocycles. The molecular weight excluding hydrogens is 172 g/mol. The highest BCUT2D eigenvalue weighted by Gasteiger charge is 1.95. The third-order valence-electron chi connectivity index (χ3n) is 1.47. The molecule has 0 fully saturated rings. The van der Waals surface area contributed by atoms with Gasteiger partial charge in [-0.3, -0.25) is 4.79 Å². The summed E-state index contributed by atoms with van der Waals surface area (Å²) in [5, 5.41) is 0.